The number of rotatable bonds is 3. The highest BCUT2D eigenvalue weighted by Crippen LogP contribution is 2.13. The smallest absolute Gasteiger partial charge is 0.305 e. The first-order chi connectivity index (χ1) is 8.63. The number of para-hydroxylation sites is 1. The summed E-state index contributed by atoms with van der Waals surface area (Å²) in [6.45, 7) is 0. The molecule has 0 spiro atoms. The van der Waals surface area contributed by atoms with Crippen LogP contribution < -0.4 is 5.56 Å². The van der Waals surface area contributed by atoms with Crippen molar-refractivity contribution in [3.63, 3.8) is 0 Å². The minimum atomic E-state index is -0.301. The van der Waals surface area contributed by atoms with Crippen LogP contribution in [0.25, 0.3) is 10.9 Å². The number of carbonyl (C=O) groups is 1. The fourth-order valence-electron chi connectivity index (χ4n) is 2.01. The van der Waals surface area contributed by atoms with Gasteiger partial charge in [-0.1, -0.05) is 18.2 Å². The standard InChI is InChI=1S/C14H15NO3/c1-15-12-6-4-3-5-10(12)9-11(14(15)17)7-8-13(16)18-2/h3-6,9H,7-8H2,1-2H3. The van der Waals surface area contributed by atoms with Gasteiger partial charge in [-0.05, 0) is 23.9 Å². The Bertz CT molecular complexity index is 643. The molecule has 0 atom stereocenters. The minimum Gasteiger partial charge on any atom is -0.469 e. The number of ether oxygens (including phenoxy) is 1. The Morgan fingerprint density at radius 2 is 2.06 bits per heavy atom. The van der Waals surface area contributed by atoms with Crippen LogP contribution >= 0.6 is 0 Å². The number of hydrogen-bond acceptors (Lipinski definition) is 3. The van der Waals surface area contributed by atoms with Gasteiger partial charge in [0.15, 0.2) is 0 Å². The van der Waals surface area contributed by atoms with Crippen LogP contribution in [0.4, 0.5) is 0 Å². The van der Waals surface area contributed by atoms with Gasteiger partial charge in [-0.2, -0.15) is 0 Å². The quantitative estimate of drug-likeness (QED) is 0.772. The predicted octanol–water partition coefficient (Wildman–Crippen LogP) is 1.64. The first kappa shape index (κ1) is 12.4. The SMILES string of the molecule is COC(=O)CCc1cc2ccccc2n(C)c1=O. The van der Waals surface area contributed by atoms with Crippen LogP contribution in [0.2, 0.25) is 0 Å². The number of methoxy groups -OCH3 is 1. The Labute approximate surface area is 105 Å². The van der Waals surface area contributed by atoms with Crippen molar-refractivity contribution in [3.05, 3.63) is 46.2 Å². The zero-order chi connectivity index (χ0) is 13.1. The number of carbonyl (C=O) groups excluding carboxylic acids is 1. The summed E-state index contributed by atoms with van der Waals surface area (Å²) >= 11 is 0. The van der Waals surface area contributed by atoms with Gasteiger partial charge < -0.3 is 9.30 Å². The monoisotopic (exact) mass is 245 g/mol. The van der Waals surface area contributed by atoms with E-state index in [1.807, 2.05) is 30.3 Å². The molecule has 0 N–H and O–H groups in total. The van der Waals surface area contributed by atoms with E-state index in [4.69, 9.17) is 0 Å². The van der Waals surface area contributed by atoms with Crippen molar-refractivity contribution in [1.82, 2.24) is 4.57 Å². The molecule has 1 aromatic carbocycles. The number of aromatic nitrogens is 1. The summed E-state index contributed by atoms with van der Waals surface area (Å²) in [5, 5.41) is 1.000. The lowest BCUT2D eigenvalue weighted by Gasteiger charge is -2.08. The van der Waals surface area contributed by atoms with E-state index in [0.717, 1.165) is 10.9 Å². The lowest BCUT2D eigenvalue weighted by Crippen LogP contribution is -2.22. The molecule has 0 aliphatic rings. The van der Waals surface area contributed by atoms with E-state index in [9.17, 15) is 9.59 Å². The molecule has 0 amide bonds. The molecule has 94 valence electrons. The Morgan fingerprint density at radius 3 is 2.78 bits per heavy atom. The van der Waals surface area contributed by atoms with Crippen molar-refractivity contribution in [3.8, 4) is 0 Å². The van der Waals surface area contributed by atoms with Gasteiger partial charge in [-0.25, -0.2) is 0 Å². The number of aryl methyl sites for hydroxylation is 2. The number of benzene rings is 1. The van der Waals surface area contributed by atoms with Gasteiger partial charge in [0, 0.05) is 19.0 Å². The summed E-state index contributed by atoms with van der Waals surface area (Å²) in [6, 6.07) is 9.53. The second-order valence-electron chi connectivity index (χ2n) is 4.17. The Balaban J connectivity index is 2.43. The van der Waals surface area contributed by atoms with Crippen LogP contribution in [-0.4, -0.2) is 17.6 Å². The second kappa shape index (κ2) is 5.04. The highest BCUT2D eigenvalue weighted by Gasteiger charge is 2.08. The predicted molar refractivity (Wildman–Crippen MR) is 69.5 cm³/mol. The fraction of sp³-hybridized carbons (Fsp3) is 0.286. The summed E-state index contributed by atoms with van der Waals surface area (Å²) in [4.78, 5) is 23.2. The summed E-state index contributed by atoms with van der Waals surface area (Å²) in [5.74, 6) is -0.301. The maximum Gasteiger partial charge on any atom is 0.305 e. The minimum absolute atomic E-state index is 0.0578. The molecular weight excluding hydrogens is 230 g/mol. The van der Waals surface area contributed by atoms with Crippen molar-refractivity contribution in [2.45, 2.75) is 12.8 Å². The molecule has 0 saturated carbocycles. The Kier molecular flexibility index (Phi) is 3.46. The average Bonchev–Trinajstić information content (AvgIpc) is 2.41. The van der Waals surface area contributed by atoms with Crippen LogP contribution in [0.15, 0.2) is 35.1 Å². The third-order valence-electron chi connectivity index (χ3n) is 3.03. The third-order valence-corrected chi connectivity index (χ3v) is 3.03. The topological polar surface area (TPSA) is 48.3 Å². The van der Waals surface area contributed by atoms with E-state index >= 15 is 0 Å². The van der Waals surface area contributed by atoms with Gasteiger partial charge in [-0.3, -0.25) is 9.59 Å². The molecule has 1 heterocycles. The summed E-state index contributed by atoms with van der Waals surface area (Å²) in [6.07, 6.45) is 0.633. The van der Waals surface area contributed by atoms with Crippen molar-refractivity contribution >= 4 is 16.9 Å². The zero-order valence-corrected chi connectivity index (χ0v) is 10.5. The molecule has 0 fully saturated rings. The van der Waals surface area contributed by atoms with Crippen LogP contribution in [0.3, 0.4) is 0 Å². The van der Waals surface area contributed by atoms with Gasteiger partial charge in [0.05, 0.1) is 12.6 Å². The lowest BCUT2D eigenvalue weighted by molar-refractivity contribution is -0.140. The molecule has 4 heteroatoms. The van der Waals surface area contributed by atoms with Gasteiger partial charge in [-0.15, -0.1) is 0 Å². The van der Waals surface area contributed by atoms with E-state index in [-0.39, 0.29) is 17.9 Å². The highest BCUT2D eigenvalue weighted by atomic mass is 16.5. The number of pyridine rings is 1. The van der Waals surface area contributed by atoms with Gasteiger partial charge in [0.2, 0.25) is 0 Å². The molecule has 0 saturated heterocycles. The third kappa shape index (κ3) is 2.27. The molecule has 1 aromatic heterocycles. The summed E-state index contributed by atoms with van der Waals surface area (Å²) in [7, 11) is 3.09. The van der Waals surface area contributed by atoms with Crippen LogP contribution in [0.5, 0.6) is 0 Å². The number of fused-ring (bicyclic) bond motifs is 1. The maximum absolute atomic E-state index is 12.1. The Hall–Kier alpha value is -2.10. The molecular formula is C14H15NO3. The summed E-state index contributed by atoms with van der Waals surface area (Å²) < 4.78 is 6.19. The molecule has 0 aliphatic heterocycles. The molecule has 0 unspecified atom stereocenters. The van der Waals surface area contributed by atoms with E-state index in [1.165, 1.54) is 7.11 Å². The van der Waals surface area contributed by atoms with Crippen molar-refractivity contribution in [1.29, 1.82) is 0 Å². The molecule has 0 aliphatic carbocycles. The molecule has 0 bridgehead atoms. The normalized spacial score (nSPS) is 10.6. The van der Waals surface area contributed by atoms with Crippen LogP contribution in [-0.2, 0) is 23.0 Å². The highest BCUT2D eigenvalue weighted by molar-refractivity contribution is 5.79. The lowest BCUT2D eigenvalue weighted by atomic mass is 10.1. The van der Waals surface area contributed by atoms with Crippen molar-refractivity contribution in [2.24, 2.45) is 7.05 Å². The van der Waals surface area contributed by atoms with Gasteiger partial charge in [0.25, 0.3) is 5.56 Å². The first-order valence-electron chi connectivity index (χ1n) is 5.78. The van der Waals surface area contributed by atoms with Gasteiger partial charge >= 0.3 is 5.97 Å². The number of hydrogen-bond donors (Lipinski definition) is 0. The van der Waals surface area contributed by atoms with E-state index in [2.05, 4.69) is 4.74 Å². The molecule has 4 nitrogen and oxygen atoms in total. The summed E-state index contributed by atoms with van der Waals surface area (Å²) in [5.41, 5.74) is 1.48. The Morgan fingerprint density at radius 1 is 1.33 bits per heavy atom. The van der Waals surface area contributed by atoms with Crippen molar-refractivity contribution in [2.75, 3.05) is 7.11 Å². The first-order valence-corrected chi connectivity index (χ1v) is 5.78. The fourth-order valence-corrected chi connectivity index (χ4v) is 2.01. The van der Waals surface area contributed by atoms with E-state index in [1.54, 1.807) is 11.6 Å². The van der Waals surface area contributed by atoms with Crippen molar-refractivity contribution < 1.29 is 9.53 Å². The van der Waals surface area contributed by atoms with Crippen LogP contribution in [0, 0.1) is 0 Å². The number of nitrogens with zero attached hydrogens (tertiary/aromatic N) is 1. The maximum atomic E-state index is 12.1. The number of esters is 1. The molecule has 2 rings (SSSR count). The van der Waals surface area contributed by atoms with E-state index in [0.29, 0.717) is 12.0 Å². The largest absolute Gasteiger partial charge is 0.469 e. The van der Waals surface area contributed by atoms with Gasteiger partial charge in [0.1, 0.15) is 0 Å². The van der Waals surface area contributed by atoms with Crippen LogP contribution in [0.1, 0.15) is 12.0 Å². The molecule has 18 heavy (non-hydrogen) atoms. The van der Waals surface area contributed by atoms with E-state index < -0.39 is 0 Å². The second-order valence-corrected chi connectivity index (χ2v) is 4.17. The molecule has 2 aromatic rings. The zero-order valence-electron chi connectivity index (χ0n) is 10.5. The molecule has 0 radical (unpaired) electrons. The average molecular weight is 245 g/mol.